The summed E-state index contributed by atoms with van der Waals surface area (Å²) in [4.78, 5) is 21.6. The molecule has 1 aliphatic heterocycles. The van der Waals surface area contributed by atoms with Crippen LogP contribution in [0.25, 0.3) is 10.9 Å². The summed E-state index contributed by atoms with van der Waals surface area (Å²) < 4.78 is 1.86. The lowest BCUT2D eigenvalue weighted by atomic mass is 9.99. The van der Waals surface area contributed by atoms with E-state index >= 15 is 0 Å². The molecule has 0 radical (unpaired) electrons. The predicted octanol–water partition coefficient (Wildman–Crippen LogP) is 5.25. The number of benzene rings is 3. The number of aromatic amines is 1. The minimum atomic E-state index is -0.392. The number of piperazine rings is 1. The van der Waals surface area contributed by atoms with Gasteiger partial charge in [0.15, 0.2) is 5.82 Å². The zero-order valence-electron chi connectivity index (χ0n) is 23.6. The number of aromatic nitrogens is 5. The van der Waals surface area contributed by atoms with Gasteiger partial charge in [0.2, 0.25) is 0 Å². The van der Waals surface area contributed by atoms with Gasteiger partial charge in [-0.3, -0.25) is 9.69 Å². The summed E-state index contributed by atoms with van der Waals surface area (Å²) in [5, 5.41) is 14.8. The van der Waals surface area contributed by atoms with Crippen LogP contribution >= 0.6 is 11.6 Å². The Labute approximate surface area is 244 Å². The van der Waals surface area contributed by atoms with E-state index in [2.05, 4.69) is 68.4 Å². The number of nitrogens with zero attached hydrogens (tertiary/aromatic N) is 6. The van der Waals surface area contributed by atoms with Crippen LogP contribution in [-0.2, 0) is 13.0 Å². The van der Waals surface area contributed by atoms with Crippen molar-refractivity contribution in [3.8, 4) is 0 Å². The molecule has 0 unspecified atom stereocenters. The van der Waals surface area contributed by atoms with Crippen LogP contribution in [0.3, 0.4) is 0 Å². The number of H-pyrrole nitrogens is 1. The van der Waals surface area contributed by atoms with Crippen LogP contribution in [0.2, 0.25) is 5.02 Å². The van der Waals surface area contributed by atoms with Crippen LogP contribution in [-0.4, -0.2) is 56.3 Å². The number of tetrazole rings is 1. The molecule has 210 valence electrons. The third-order valence-corrected chi connectivity index (χ3v) is 8.45. The van der Waals surface area contributed by atoms with Crippen molar-refractivity contribution in [2.75, 3.05) is 31.1 Å². The van der Waals surface area contributed by atoms with Gasteiger partial charge < -0.3 is 9.88 Å². The van der Waals surface area contributed by atoms with Crippen molar-refractivity contribution in [1.29, 1.82) is 0 Å². The molecule has 3 heterocycles. The van der Waals surface area contributed by atoms with E-state index in [1.807, 2.05) is 54.1 Å². The fraction of sp³-hybridized carbons (Fsp3) is 0.312. The van der Waals surface area contributed by atoms with E-state index in [-0.39, 0.29) is 5.56 Å². The van der Waals surface area contributed by atoms with E-state index < -0.39 is 6.04 Å². The second kappa shape index (κ2) is 11.5. The summed E-state index contributed by atoms with van der Waals surface area (Å²) in [6.45, 7) is 9.92. The molecule has 0 bridgehead atoms. The Balaban J connectivity index is 1.38. The highest BCUT2D eigenvalue weighted by Crippen LogP contribution is 2.31. The number of rotatable bonds is 7. The number of hydrogen-bond donors (Lipinski definition) is 1. The zero-order valence-corrected chi connectivity index (χ0v) is 24.4. The van der Waals surface area contributed by atoms with Gasteiger partial charge in [-0.05, 0) is 78.1 Å². The molecule has 1 aliphatic rings. The molecule has 0 aliphatic carbocycles. The first-order valence-corrected chi connectivity index (χ1v) is 14.4. The second-order valence-electron chi connectivity index (χ2n) is 10.9. The molecule has 1 N–H and O–H groups in total. The summed E-state index contributed by atoms with van der Waals surface area (Å²) in [6, 6.07) is 22.1. The summed E-state index contributed by atoms with van der Waals surface area (Å²) in [7, 11) is 0. The number of fused-ring (bicyclic) bond motifs is 1. The molecule has 5 aromatic rings. The minimum Gasteiger partial charge on any atom is -0.369 e. The van der Waals surface area contributed by atoms with Gasteiger partial charge in [0, 0.05) is 54.4 Å². The topological polar surface area (TPSA) is 82.9 Å². The van der Waals surface area contributed by atoms with Gasteiger partial charge in [0.1, 0.15) is 6.04 Å². The lowest BCUT2D eigenvalue weighted by molar-refractivity contribution is 0.199. The summed E-state index contributed by atoms with van der Waals surface area (Å²) >= 11 is 6.34. The standard InChI is InChI=1S/C32H34ClN7O/c1-21-9-10-23(3)29-26(21)20-27(32(41)34-29)30(31-35-36-37-40(31)14-13-24-7-5-4-6-8-24)39-17-15-38(16-18-39)28-19-25(33)12-11-22(28)2/h4-12,19-20,30H,13-18H2,1-3H3,(H,34,41)/t30-/m0/s1. The van der Waals surface area contributed by atoms with Gasteiger partial charge >= 0.3 is 0 Å². The average molecular weight is 568 g/mol. The van der Waals surface area contributed by atoms with Gasteiger partial charge in [0.05, 0.1) is 5.52 Å². The van der Waals surface area contributed by atoms with Crippen molar-refractivity contribution in [3.05, 3.63) is 116 Å². The molecule has 2 aromatic heterocycles. The van der Waals surface area contributed by atoms with Crippen molar-refractivity contribution in [2.45, 2.75) is 39.8 Å². The number of hydrogen-bond acceptors (Lipinski definition) is 6. The van der Waals surface area contributed by atoms with Crippen molar-refractivity contribution >= 4 is 28.2 Å². The molecule has 1 saturated heterocycles. The monoisotopic (exact) mass is 567 g/mol. The van der Waals surface area contributed by atoms with Crippen molar-refractivity contribution in [3.63, 3.8) is 0 Å². The molecule has 1 fully saturated rings. The van der Waals surface area contributed by atoms with E-state index in [0.29, 0.717) is 17.9 Å². The Morgan fingerprint density at radius 2 is 1.63 bits per heavy atom. The Morgan fingerprint density at radius 3 is 2.41 bits per heavy atom. The summed E-state index contributed by atoms with van der Waals surface area (Å²) in [5.74, 6) is 0.684. The first-order chi connectivity index (χ1) is 19.9. The molecule has 6 rings (SSSR count). The summed E-state index contributed by atoms with van der Waals surface area (Å²) in [5.41, 5.74) is 7.15. The number of pyridine rings is 1. The van der Waals surface area contributed by atoms with Gasteiger partial charge in [-0.2, -0.15) is 0 Å². The van der Waals surface area contributed by atoms with Crippen LogP contribution < -0.4 is 10.5 Å². The molecule has 9 heteroatoms. The van der Waals surface area contributed by atoms with Gasteiger partial charge in [-0.15, -0.1) is 5.10 Å². The maximum absolute atomic E-state index is 13.7. The molecule has 41 heavy (non-hydrogen) atoms. The van der Waals surface area contributed by atoms with E-state index in [4.69, 9.17) is 11.6 Å². The van der Waals surface area contributed by atoms with Crippen molar-refractivity contribution in [1.82, 2.24) is 30.1 Å². The normalized spacial score (nSPS) is 15.0. The van der Waals surface area contributed by atoms with Crippen LogP contribution in [0.1, 0.15) is 39.7 Å². The smallest absolute Gasteiger partial charge is 0.253 e. The van der Waals surface area contributed by atoms with Crippen LogP contribution in [0.15, 0.2) is 71.5 Å². The van der Waals surface area contributed by atoms with Gasteiger partial charge in [-0.1, -0.05) is 60.1 Å². The molecule has 1 atom stereocenters. The van der Waals surface area contributed by atoms with Crippen LogP contribution in [0.5, 0.6) is 0 Å². The molecule has 8 nitrogen and oxygen atoms in total. The SMILES string of the molecule is Cc1ccc(Cl)cc1N1CCN([C@@H](c2cc3c(C)ccc(C)c3[nH]c2=O)c2nnnn2CCc2ccccc2)CC1. The Kier molecular flexibility index (Phi) is 7.60. The number of nitrogens with one attached hydrogen (secondary N) is 1. The Hall–Kier alpha value is -4.01. The number of halogens is 1. The maximum atomic E-state index is 13.7. The highest BCUT2D eigenvalue weighted by atomic mass is 35.5. The molecular weight excluding hydrogens is 534 g/mol. The number of aryl methyl sites for hydroxylation is 5. The van der Waals surface area contributed by atoms with Gasteiger partial charge in [0.25, 0.3) is 5.56 Å². The lowest BCUT2D eigenvalue weighted by Gasteiger charge is -2.40. The summed E-state index contributed by atoms with van der Waals surface area (Å²) in [6.07, 6.45) is 0.791. The first-order valence-electron chi connectivity index (χ1n) is 14.1. The fourth-order valence-electron chi connectivity index (χ4n) is 5.88. The van der Waals surface area contributed by atoms with E-state index in [9.17, 15) is 4.79 Å². The van der Waals surface area contributed by atoms with E-state index in [1.165, 1.54) is 11.1 Å². The quantitative estimate of drug-likeness (QED) is 0.289. The molecule has 0 amide bonds. The van der Waals surface area contributed by atoms with Crippen LogP contribution in [0, 0.1) is 20.8 Å². The third kappa shape index (κ3) is 5.49. The predicted molar refractivity (Wildman–Crippen MR) is 164 cm³/mol. The highest BCUT2D eigenvalue weighted by molar-refractivity contribution is 6.30. The Morgan fingerprint density at radius 1 is 0.902 bits per heavy atom. The average Bonchev–Trinajstić information content (AvgIpc) is 3.45. The highest BCUT2D eigenvalue weighted by Gasteiger charge is 2.33. The van der Waals surface area contributed by atoms with E-state index in [0.717, 1.165) is 65.3 Å². The molecular formula is C32H34ClN7O. The van der Waals surface area contributed by atoms with Gasteiger partial charge in [-0.25, -0.2) is 4.68 Å². The molecule has 0 saturated carbocycles. The molecule has 0 spiro atoms. The fourth-order valence-corrected chi connectivity index (χ4v) is 6.05. The van der Waals surface area contributed by atoms with E-state index in [1.54, 1.807) is 0 Å². The molecule has 3 aromatic carbocycles. The largest absolute Gasteiger partial charge is 0.369 e. The third-order valence-electron chi connectivity index (χ3n) is 8.22. The minimum absolute atomic E-state index is 0.109. The maximum Gasteiger partial charge on any atom is 0.253 e. The van der Waals surface area contributed by atoms with Crippen molar-refractivity contribution in [2.24, 2.45) is 0 Å². The zero-order chi connectivity index (χ0) is 28.5. The van der Waals surface area contributed by atoms with Crippen LogP contribution in [0.4, 0.5) is 5.69 Å². The van der Waals surface area contributed by atoms with Crippen molar-refractivity contribution < 1.29 is 0 Å². The number of anilines is 1. The lowest BCUT2D eigenvalue weighted by Crippen LogP contribution is -2.49. The first kappa shape index (κ1) is 27.2. The second-order valence-corrected chi connectivity index (χ2v) is 11.3. The Bertz CT molecular complexity index is 1740.